The van der Waals surface area contributed by atoms with Crippen LogP contribution in [-0.4, -0.2) is 17.3 Å². The van der Waals surface area contributed by atoms with Crippen LogP contribution in [0.5, 0.6) is 5.75 Å². The van der Waals surface area contributed by atoms with E-state index in [4.69, 9.17) is 16.3 Å². The number of ether oxygens (including phenoxy) is 1. The van der Waals surface area contributed by atoms with Gasteiger partial charge in [-0.05, 0) is 42.8 Å². The summed E-state index contributed by atoms with van der Waals surface area (Å²) in [7, 11) is 0. The van der Waals surface area contributed by atoms with Gasteiger partial charge in [-0.1, -0.05) is 11.6 Å². The Labute approximate surface area is 126 Å². The van der Waals surface area contributed by atoms with E-state index in [9.17, 15) is 14.9 Å². The second-order valence-electron chi connectivity index (χ2n) is 4.43. The van der Waals surface area contributed by atoms with E-state index in [-0.39, 0.29) is 18.1 Å². The summed E-state index contributed by atoms with van der Waals surface area (Å²) in [6.07, 6.45) is 0. The third-order valence-electron chi connectivity index (χ3n) is 2.89. The van der Waals surface area contributed by atoms with Gasteiger partial charge in [-0.15, -0.1) is 0 Å². The smallest absolute Gasteiger partial charge is 0.269 e. The van der Waals surface area contributed by atoms with Crippen LogP contribution in [0.3, 0.4) is 0 Å². The van der Waals surface area contributed by atoms with Crippen LogP contribution in [0, 0.1) is 17.0 Å². The number of benzene rings is 2. The molecule has 0 radical (unpaired) electrons. The van der Waals surface area contributed by atoms with Crippen LogP contribution in [-0.2, 0) is 0 Å². The lowest BCUT2D eigenvalue weighted by molar-refractivity contribution is -0.384. The summed E-state index contributed by atoms with van der Waals surface area (Å²) in [5, 5.41) is 11.2. The zero-order chi connectivity index (χ0) is 15.4. The maximum absolute atomic E-state index is 11.9. The van der Waals surface area contributed by atoms with Gasteiger partial charge in [0.2, 0.25) is 0 Å². The number of hydrogen-bond donors (Lipinski definition) is 0. The van der Waals surface area contributed by atoms with Crippen LogP contribution < -0.4 is 4.74 Å². The summed E-state index contributed by atoms with van der Waals surface area (Å²) < 4.78 is 5.41. The lowest BCUT2D eigenvalue weighted by Gasteiger charge is -2.08. The number of carbonyl (C=O) groups is 1. The average molecular weight is 306 g/mol. The molecule has 2 aromatic rings. The van der Waals surface area contributed by atoms with Gasteiger partial charge in [0.05, 0.1) is 4.92 Å². The molecule has 0 saturated heterocycles. The van der Waals surface area contributed by atoms with Gasteiger partial charge in [0.1, 0.15) is 5.75 Å². The third-order valence-corrected chi connectivity index (χ3v) is 3.15. The van der Waals surface area contributed by atoms with Gasteiger partial charge in [0, 0.05) is 22.7 Å². The van der Waals surface area contributed by atoms with Crippen LogP contribution >= 0.6 is 11.6 Å². The molecular formula is C15H12ClNO4. The SMILES string of the molecule is Cc1cc([N+](=O)[O-])ccc1OCC(=O)c1ccc(Cl)cc1. The van der Waals surface area contributed by atoms with Crippen molar-refractivity contribution in [3.8, 4) is 5.75 Å². The minimum Gasteiger partial charge on any atom is -0.485 e. The van der Waals surface area contributed by atoms with Gasteiger partial charge in [-0.2, -0.15) is 0 Å². The highest BCUT2D eigenvalue weighted by atomic mass is 35.5. The fraction of sp³-hybridized carbons (Fsp3) is 0.133. The Kier molecular flexibility index (Phi) is 4.55. The van der Waals surface area contributed by atoms with E-state index in [2.05, 4.69) is 0 Å². The van der Waals surface area contributed by atoms with E-state index in [1.54, 1.807) is 31.2 Å². The molecule has 0 aliphatic heterocycles. The molecule has 6 heteroatoms. The van der Waals surface area contributed by atoms with Gasteiger partial charge in [-0.3, -0.25) is 14.9 Å². The van der Waals surface area contributed by atoms with E-state index in [1.165, 1.54) is 18.2 Å². The van der Waals surface area contributed by atoms with Gasteiger partial charge >= 0.3 is 0 Å². The minimum atomic E-state index is -0.477. The number of carbonyl (C=O) groups excluding carboxylic acids is 1. The van der Waals surface area contributed by atoms with Gasteiger partial charge < -0.3 is 4.74 Å². The standard InChI is InChI=1S/C15H12ClNO4/c1-10-8-13(17(19)20)6-7-15(10)21-9-14(18)11-2-4-12(16)5-3-11/h2-8H,9H2,1H3. The number of hydrogen-bond acceptors (Lipinski definition) is 4. The predicted molar refractivity (Wildman–Crippen MR) is 79.1 cm³/mol. The zero-order valence-corrected chi connectivity index (χ0v) is 12.0. The minimum absolute atomic E-state index is 0.0103. The second-order valence-corrected chi connectivity index (χ2v) is 4.86. The number of rotatable bonds is 5. The average Bonchev–Trinajstić information content (AvgIpc) is 2.46. The number of ketones is 1. The van der Waals surface area contributed by atoms with Crippen LogP contribution in [0.1, 0.15) is 15.9 Å². The van der Waals surface area contributed by atoms with Crippen LogP contribution in [0.25, 0.3) is 0 Å². The molecule has 0 aliphatic rings. The van der Waals surface area contributed by atoms with E-state index in [1.807, 2.05) is 0 Å². The molecule has 0 spiro atoms. The van der Waals surface area contributed by atoms with Crippen molar-refractivity contribution in [1.82, 2.24) is 0 Å². The highest BCUT2D eigenvalue weighted by Gasteiger charge is 2.11. The molecule has 0 heterocycles. The van der Waals surface area contributed by atoms with E-state index >= 15 is 0 Å². The van der Waals surface area contributed by atoms with Crippen molar-refractivity contribution in [2.45, 2.75) is 6.92 Å². The summed E-state index contributed by atoms with van der Waals surface area (Å²) >= 11 is 5.75. The highest BCUT2D eigenvalue weighted by Crippen LogP contribution is 2.23. The first-order valence-corrected chi connectivity index (χ1v) is 6.52. The topological polar surface area (TPSA) is 69.4 Å². The number of nitro benzene ring substituents is 1. The Bertz CT molecular complexity index is 683. The molecule has 2 aromatic carbocycles. The normalized spacial score (nSPS) is 10.2. The third kappa shape index (κ3) is 3.79. The lowest BCUT2D eigenvalue weighted by Crippen LogP contribution is -2.12. The molecule has 108 valence electrons. The van der Waals surface area contributed by atoms with Crippen LogP contribution in [0.2, 0.25) is 5.02 Å². The number of nitrogens with zero attached hydrogens (tertiary/aromatic N) is 1. The molecular weight excluding hydrogens is 294 g/mol. The van der Waals surface area contributed by atoms with Gasteiger partial charge in [-0.25, -0.2) is 0 Å². The highest BCUT2D eigenvalue weighted by molar-refractivity contribution is 6.30. The van der Waals surface area contributed by atoms with Crippen molar-refractivity contribution in [3.63, 3.8) is 0 Å². The summed E-state index contributed by atoms with van der Waals surface area (Å²) in [5.74, 6) is 0.257. The number of non-ortho nitro benzene ring substituents is 1. The van der Waals surface area contributed by atoms with Crippen molar-refractivity contribution in [1.29, 1.82) is 0 Å². The first-order chi connectivity index (χ1) is 9.97. The number of Topliss-reactive ketones (excluding diaryl/α,β-unsaturated/α-hetero) is 1. The van der Waals surface area contributed by atoms with Crippen molar-refractivity contribution >= 4 is 23.1 Å². The molecule has 0 unspecified atom stereocenters. The molecule has 0 amide bonds. The molecule has 0 N–H and O–H groups in total. The maximum Gasteiger partial charge on any atom is 0.269 e. The predicted octanol–water partition coefficient (Wildman–Crippen LogP) is 3.82. The quantitative estimate of drug-likeness (QED) is 0.478. The molecule has 0 aromatic heterocycles. The summed E-state index contributed by atoms with van der Waals surface area (Å²) in [5.41, 5.74) is 1.09. The molecule has 0 fully saturated rings. The Hall–Kier alpha value is -2.40. The van der Waals surface area contributed by atoms with Crippen molar-refractivity contribution in [2.24, 2.45) is 0 Å². The fourth-order valence-corrected chi connectivity index (χ4v) is 1.90. The molecule has 21 heavy (non-hydrogen) atoms. The molecule has 2 rings (SSSR count). The number of nitro groups is 1. The Morgan fingerprint density at radius 2 is 1.90 bits per heavy atom. The molecule has 5 nitrogen and oxygen atoms in total. The van der Waals surface area contributed by atoms with Crippen molar-refractivity contribution in [3.05, 3.63) is 68.7 Å². The summed E-state index contributed by atoms with van der Waals surface area (Å²) in [4.78, 5) is 22.1. The molecule has 0 atom stereocenters. The van der Waals surface area contributed by atoms with Crippen molar-refractivity contribution < 1.29 is 14.5 Å². The fourth-order valence-electron chi connectivity index (χ4n) is 1.77. The maximum atomic E-state index is 11.9. The van der Waals surface area contributed by atoms with E-state index in [0.29, 0.717) is 21.9 Å². The Morgan fingerprint density at radius 3 is 2.48 bits per heavy atom. The lowest BCUT2D eigenvalue weighted by atomic mass is 10.1. The van der Waals surface area contributed by atoms with Crippen LogP contribution in [0.15, 0.2) is 42.5 Å². The molecule has 0 saturated carbocycles. The zero-order valence-electron chi connectivity index (χ0n) is 11.2. The molecule has 0 aliphatic carbocycles. The van der Waals surface area contributed by atoms with E-state index < -0.39 is 4.92 Å². The van der Waals surface area contributed by atoms with Gasteiger partial charge in [0.15, 0.2) is 12.4 Å². The first kappa shape index (κ1) is 15.0. The number of halogens is 1. The summed E-state index contributed by atoms with van der Waals surface area (Å²) in [6, 6.07) is 10.7. The molecule has 0 bridgehead atoms. The Balaban J connectivity index is 2.04. The summed E-state index contributed by atoms with van der Waals surface area (Å²) in [6.45, 7) is 1.55. The van der Waals surface area contributed by atoms with Crippen LogP contribution in [0.4, 0.5) is 5.69 Å². The largest absolute Gasteiger partial charge is 0.485 e. The number of aryl methyl sites for hydroxylation is 1. The van der Waals surface area contributed by atoms with Crippen molar-refractivity contribution in [2.75, 3.05) is 6.61 Å². The Morgan fingerprint density at radius 1 is 1.24 bits per heavy atom. The monoisotopic (exact) mass is 305 g/mol. The van der Waals surface area contributed by atoms with E-state index in [0.717, 1.165) is 0 Å². The van der Waals surface area contributed by atoms with Gasteiger partial charge in [0.25, 0.3) is 5.69 Å². The second kappa shape index (κ2) is 6.37. The first-order valence-electron chi connectivity index (χ1n) is 6.14.